The summed E-state index contributed by atoms with van der Waals surface area (Å²) in [6, 6.07) is 23.7. The lowest BCUT2D eigenvalue weighted by Crippen LogP contribution is -2.53. The number of methoxy groups -OCH3 is 1. The highest BCUT2D eigenvalue weighted by molar-refractivity contribution is 6.31. The summed E-state index contributed by atoms with van der Waals surface area (Å²) in [5, 5.41) is 3.74. The van der Waals surface area contributed by atoms with Crippen LogP contribution in [-0.2, 0) is 22.6 Å². The molecule has 1 unspecified atom stereocenters. The van der Waals surface area contributed by atoms with E-state index in [1.54, 1.807) is 30.2 Å². The second-order valence-corrected chi connectivity index (χ2v) is 9.66. The molecule has 1 saturated carbocycles. The van der Waals surface area contributed by atoms with Gasteiger partial charge in [0.1, 0.15) is 6.04 Å². The minimum atomic E-state index is -0.729. The zero-order chi connectivity index (χ0) is 26.0. The van der Waals surface area contributed by atoms with Crippen LogP contribution in [0, 0.1) is 0 Å². The van der Waals surface area contributed by atoms with Gasteiger partial charge in [0.25, 0.3) is 5.91 Å². The van der Waals surface area contributed by atoms with Gasteiger partial charge in [-0.15, -0.1) is 0 Å². The van der Waals surface area contributed by atoms with E-state index < -0.39 is 6.04 Å². The third-order valence-electron chi connectivity index (χ3n) is 6.69. The van der Waals surface area contributed by atoms with E-state index in [0.717, 1.165) is 36.8 Å². The van der Waals surface area contributed by atoms with Crippen molar-refractivity contribution >= 4 is 23.4 Å². The van der Waals surface area contributed by atoms with E-state index in [4.69, 9.17) is 21.1 Å². The lowest BCUT2D eigenvalue weighted by atomic mass is 10.0. The van der Waals surface area contributed by atoms with Gasteiger partial charge in [0.15, 0.2) is 18.1 Å². The summed E-state index contributed by atoms with van der Waals surface area (Å²) in [7, 11) is 1.55. The van der Waals surface area contributed by atoms with Crippen LogP contribution in [0.2, 0.25) is 5.02 Å². The second kappa shape index (κ2) is 13.2. The Morgan fingerprint density at radius 2 is 1.59 bits per heavy atom. The molecule has 0 saturated heterocycles. The van der Waals surface area contributed by atoms with Crippen LogP contribution in [0.1, 0.15) is 36.8 Å². The maximum absolute atomic E-state index is 13.7. The lowest BCUT2D eigenvalue weighted by molar-refractivity contribution is -0.143. The summed E-state index contributed by atoms with van der Waals surface area (Å²) in [4.78, 5) is 29.0. The first-order valence-electron chi connectivity index (χ1n) is 12.7. The fraction of sp³-hybridized carbons (Fsp3) is 0.333. The molecule has 4 rings (SSSR count). The van der Waals surface area contributed by atoms with E-state index >= 15 is 0 Å². The first-order chi connectivity index (χ1) is 18.0. The third-order valence-corrected chi connectivity index (χ3v) is 7.06. The number of ether oxygens (including phenoxy) is 2. The normalized spacial score (nSPS) is 14.1. The van der Waals surface area contributed by atoms with Crippen molar-refractivity contribution in [1.82, 2.24) is 10.2 Å². The predicted molar refractivity (Wildman–Crippen MR) is 145 cm³/mol. The van der Waals surface area contributed by atoms with E-state index in [2.05, 4.69) is 5.32 Å². The summed E-state index contributed by atoms with van der Waals surface area (Å²) in [5.41, 5.74) is 1.73. The molecule has 3 aromatic carbocycles. The minimum Gasteiger partial charge on any atom is -0.493 e. The van der Waals surface area contributed by atoms with Crippen LogP contribution in [0.3, 0.4) is 0 Å². The Kier molecular flexibility index (Phi) is 9.44. The van der Waals surface area contributed by atoms with Crippen molar-refractivity contribution in [3.63, 3.8) is 0 Å². The lowest BCUT2D eigenvalue weighted by Gasteiger charge is -2.32. The fourth-order valence-corrected chi connectivity index (χ4v) is 4.89. The monoisotopic (exact) mass is 520 g/mol. The van der Waals surface area contributed by atoms with Crippen LogP contribution in [0.25, 0.3) is 0 Å². The number of amides is 2. The molecule has 0 aromatic heterocycles. The molecule has 0 bridgehead atoms. The average Bonchev–Trinajstić information content (AvgIpc) is 3.44. The van der Waals surface area contributed by atoms with Gasteiger partial charge in [-0.25, -0.2) is 0 Å². The highest BCUT2D eigenvalue weighted by Crippen LogP contribution is 2.27. The molecule has 1 aliphatic carbocycles. The minimum absolute atomic E-state index is 0.132. The number of rotatable bonds is 11. The molecule has 3 aromatic rings. The van der Waals surface area contributed by atoms with E-state index in [-0.39, 0.29) is 31.0 Å². The molecule has 1 atom stereocenters. The average molecular weight is 521 g/mol. The predicted octanol–water partition coefficient (Wildman–Crippen LogP) is 5.43. The van der Waals surface area contributed by atoms with Crippen LogP contribution in [0.5, 0.6) is 11.5 Å². The Labute approximate surface area is 223 Å². The van der Waals surface area contributed by atoms with Crippen LogP contribution in [-0.4, -0.2) is 42.5 Å². The molecule has 6 nitrogen and oxygen atoms in total. The number of para-hydroxylation sites is 2. The molecule has 1 fully saturated rings. The molecular formula is C30H33ClN2O4. The summed E-state index contributed by atoms with van der Waals surface area (Å²) in [6.07, 6.45) is 4.50. The number of carbonyl (C=O) groups excluding carboxylic acids is 2. The molecule has 0 heterocycles. The molecule has 1 aliphatic rings. The van der Waals surface area contributed by atoms with Gasteiger partial charge in [0, 0.05) is 24.0 Å². The van der Waals surface area contributed by atoms with Crippen LogP contribution in [0.4, 0.5) is 0 Å². The molecular weight excluding hydrogens is 488 g/mol. The summed E-state index contributed by atoms with van der Waals surface area (Å²) in [5.74, 6) is 0.528. The Bertz CT molecular complexity index is 1180. The zero-order valence-corrected chi connectivity index (χ0v) is 21.8. The number of hydrogen-bond donors (Lipinski definition) is 1. The van der Waals surface area contributed by atoms with Gasteiger partial charge in [-0.3, -0.25) is 9.59 Å². The number of carbonyl (C=O) groups is 2. The molecule has 1 N–H and O–H groups in total. The quantitative estimate of drug-likeness (QED) is 0.366. The van der Waals surface area contributed by atoms with Gasteiger partial charge in [-0.05, 0) is 42.2 Å². The molecule has 0 spiro atoms. The van der Waals surface area contributed by atoms with E-state index in [1.807, 2.05) is 60.7 Å². The van der Waals surface area contributed by atoms with Crippen LogP contribution >= 0.6 is 11.6 Å². The van der Waals surface area contributed by atoms with Gasteiger partial charge in [0.05, 0.1) is 7.11 Å². The molecule has 7 heteroatoms. The number of halogens is 1. The second-order valence-electron chi connectivity index (χ2n) is 9.25. The van der Waals surface area contributed by atoms with Crippen molar-refractivity contribution in [2.24, 2.45) is 0 Å². The number of benzene rings is 3. The van der Waals surface area contributed by atoms with Crippen LogP contribution in [0.15, 0.2) is 78.9 Å². The Morgan fingerprint density at radius 1 is 0.946 bits per heavy atom. The smallest absolute Gasteiger partial charge is 0.261 e. The maximum atomic E-state index is 13.7. The number of nitrogens with zero attached hydrogens (tertiary/aromatic N) is 1. The third kappa shape index (κ3) is 7.26. The van der Waals surface area contributed by atoms with Crippen LogP contribution < -0.4 is 14.8 Å². The van der Waals surface area contributed by atoms with E-state index in [1.165, 1.54) is 0 Å². The summed E-state index contributed by atoms with van der Waals surface area (Å²) < 4.78 is 11.2. The number of nitrogens with one attached hydrogen (secondary N) is 1. The van der Waals surface area contributed by atoms with Gasteiger partial charge < -0.3 is 19.7 Å². The highest BCUT2D eigenvalue weighted by Gasteiger charge is 2.32. The van der Waals surface area contributed by atoms with Crippen molar-refractivity contribution in [3.05, 3.63) is 95.0 Å². The molecule has 2 amide bonds. The van der Waals surface area contributed by atoms with Gasteiger partial charge in [0.2, 0.25) is 5.91 Å². The van der Waals surface area contributed by atoms with E-state index in [9.17, 15) is 9.59 Å². The molecule has 0 aliphatic heterocycles. The Hall–Kier alpha value is -3.51. The van der Waals surface area contributed by atoms with Crippen molar-refractivity contribution < 1.29 is 19.1 Å². The van der Waals surface area contributed by atoms with Gasteiger partial charge >= 0.3 is 0 Å². The Morgan fingerprint density at radius 3 is 2.30 bits per heavy atom. The van der Waals surface area contributed by atoms with E-state index in [0.29, 0.717) is 22.9 Å². The van der Waals surface area contributed by atoms with Crippen molar-refractivity contribution in [3.8, 4) is 11.5 Å². The van der Waals surface area contributed by atoms with Crippen molar-refractivity contribution in [2.75, 3.05) is 13.7 Å². The highest BCUT2D eigenvalue weighted by atomic mass is 35.5. The van der Waals surface area contributed by atoms with Crippen molar-refractivity contribution in [2.45, 2.75) is 50.7 Å². The largest absolute Gasteiger partial charge is 0.493 e. The molecule has 0 radical (unpaired) electrons. The van der Waals surface area contributed by atoms with Gasteiger partial charge in [-0.2, -0.15) is 0 Å². The first kappa shape index (κ1) is 26.6. The topological polar surface area (TPSA) is 67.9 Å². The SMILES string of the molecule is COc1ccccc1OCC(=O)N(Cc1ccccc1Cl)C(Cc1ccccc1)C(=O)NC1CCCC1. The number of hydrogen-bond acceptors (Lipinski definition) is 4. The summed E-state index contributed by atoms with van der Waals surface area (Å²) in [6.45, 7) is -0.0593. The standard InChI is InChI=1S/C30H33ClN2O4/c1-36-27-17-9-10-18-28(27)37-21-29(34)33(20-23-13-5-8-16-25(23)31)26(19-22-11-3-2-4-12-22)30(35)32-24-14-6-7-15-24/h2-5,8-13,16-18,24,26H,6-7,14-15,19-21H2,1H3,(H,32,35). The summed E-state index contributed by atoms with van der Waals surface area (Å²) >= 11 is 6.48. The molecule has 37 heavy (non-hydrogen) atoms. The maximum Gasteiger partial charge on any atom is 0.261 e. The molecule has 194 valence electrons. The zero-order valence-electron chi connectivity index (χ0n) is 21.1. The van der Waals surface area contributed by atoms with Gasteiger partial charge in [-0.1, -0.05) is 85.1 Å². The van der Waals surface area contributed by atoms with Crippen molar-refractivity contribution in [1.29, 1.82) is 0 Å². The first-order valence-corrected chi connectivity index (χ1v) is 13.1. The Balaban J connectivity index is 1.63. The fourth-order valence-electron chi connectivity index (χ4n) is 4.69.